The first-order valence-electron chi connectivity index (χ1n) is 8.77. The second kappa shape index (κ2) is 9.16. The third-order valence-corrected chi connectivity index (χ3v) is 3.87. The van der Waals surface area contributed by atoms with E-state index in [9.17, 15) is 14.9 Å². The first-order chi connectivity index (χ1) is 14.5. The van der Waals surface area contributed by atoms with Crippen molar-refractivity contribution in [3.05, 3.63) is 66.0 Å². The van der Waals surface area contributed by atoms with Crippen molar-refractivity contribution in [3.63, 3.8) is 0 Å². The Balaban J connectivity index is 1.80. The van der Waals surface area contributed by atoms with Gasteiger partial charge in [0.2, 0.25) is 5.91 Å². The van der Waals surface area contributed by atoms with E-state index in [1.54, 1.807) is 48.7 Å². The van der Waals surface area contributed by atoms with Crippen LogP contribution in [0.3, 0.4) is 0 Å². The van der Waals surface area contributed by atoms with Crippen LogP contribution in [0.25, 0.3) is 11.9 Å². The third-order valence-electron chi connectivity index (χ3n) is 3.87. The molecule has 0 aliphatic carbocycles. The van der Waals surface area contributed by atoms with E-state index in [1.807, 2.05) is 6.07 Å². The van der Waals surface area contributed by atoms with Gasteiger partial charge in [-0.15, -0.1) is 0 Å². The lowest BCUT2D eigenvalue weighted by atomic mass is 10.2. The van der Waals surface area contributed by atoms with Crippen LogP contribution in [0.5, 0.6) is 11.5 Å². The number of amides is 1. The minimum absolute atomic E-state index is 0.204. The predicted molar refractivity (Wildman–Crippen MR) is 108 cm³/mol. The van der Waals surface area contributed by atoms with Crippen molar-refractivity contribution in [1.29, 1.82) is 5.26 Å². The maximum Gasteiger partial charge on any atom is 0.308 e. The average molecular weight is 403 g/mol. The van der Waals surface area contributed by atoms with Crippen molar-refractivity contribution < 1.29 is 19.1 Å². The fraction of sp³-hybridized carbons (Fsp3) is 0.0952. The van der Waals surface area contributed by atoms with Gasteiger partial charge in [-0.2, -0.15) is 15.0 Å². The summed E-state index contributed by atoms with van der Waals surface area (Å²) in [6, 6.07) is 12.1. The Morgan fingerprint density at radius 1 is 1.23 bits per heavy atom. The first-order valence-corrected chi connectivity index (χ1v) is 8.77. The largest absolute Gasteiger partial charge is 0.493 e. The van der Waals surface area contributed by atoms with Crippen LogP contribution in [-0.2, 0) is 9.59 Å². The van der Waals surface area contributed by atoms with E-state index in [-0.39, 0.29) is 17.1 Å². The summed E-state index contributed by atoms with van der Waals surface area (Å²) in [5.74, 6) is 0.385. The molecular formula is C21H17N5O4. The van der Waals surface area contributed by atoms with Gasteiger partial charge in [-0.25, -0.2) is 4.98 Å². The third kappa shape index (κ3) is 4.69. The molecule has 0 radical (unpaired) electrons. The van der Waals surface area contributed by atoms with Crippen molar-refractivity contribution in [1.82, 2.24) is 14.8 Å². The molecule has 0 aliphatic heterocycles. The van der Waals surface area contributed by atoms with Crippen molar-refractivity contribution in [2.75, 3.05) is 12.4 Å². The molecule has 1 aromatic carbocycles. The number of carbonyl (C=O) groups excluding carboxylic acids is 2. The number of rotatable bonds is 6. The lowest BCUT2D eigenvalue weighted by Crippen LogP contribution is -2.13. The first kappa shape index (κ1) is 20.3. The van der Waals surface area contributed by atoms with Gasteiger partial charge in [0, 0.05) is 19.2 Å². The van der Waals surface area contributed by atoms with Gasteiger partial charge in [-0.1, -0.05) is 12.1 Å². The fourth-order valence-electron chi connectivity index (χ4n) is 2.56. The van der Waals surface area contributed by atoms with E-state index >= 15 is 0 Å². The molecular weight excluding hydrogens is 386 g/mol. The highest BCUT2D eigenvalue weighted by Gasteiger charge is 2.14. The summed E-state index contributed by atoms with van der Waals surface area (Å²) >= 11 is 0. The number of esters is 1. The van der Waals surface area contributed by atoms with Crippen molar-refractivity contribution in [3.8, 4) is 23.4 Å². The number of ether oxygens (including phenoxy) is 2. The highest BCUT2D eigenvalue weighted by molar-refractivity contribution is 6.02. The number of nitrogens with one attached hydrogen (secondary N) is 1. The molecule has 1 amide bonds. The molecule has 9 heteroatoms. The van der Waals surface area contributed by atoms with Gasteiger partial charge in [0.05, 0.1) is 13.3 Å². The quantitative estimate of drug-likeness (QED) is 0.382. The predicted octanol–water partition coefficient (Wildman–Crippen LogP) is 2.72. The maximum atomic E-state index is 12.4. The van der Waals surface area contributed by atoms with E-state index in [1.165, 1.54) is 31.0 Å². The van der Waals surface area contributed by atoms with Gasteiger partial charge < -0.3 is 14.8 Å². The highest BCUT2D eigenvalue weighted by Crippen LogP contribution is 2.28. The van der Waals surface area contributed by atoms with E-state index in [2.05, 4.69) is 15.4 Å². The smallest absolute Gasteiger partial charge is 0.308 e. The summed E-state index contributed by atoms with van der Waals surface area (Å²) in [5, 5.41) is 16.1. The number of anilines is 1. The Hall–Kier alpha value is -4.45. The maximum absolute atomic E-state index is 12.4. The van der Waals surface area contributed by atoms with Crippen LogP contribution in [-0.4, -0.2) is 33.8 Å². The molecule has 0 fully saturated rings. The molecule has 9 nitrogen and oxygen atoms in total. The number of nitrogens with zero attached hydrogens (tertiary/aromatic N) is 4. The number of aromatic nitrogens is 3. The van der Waals surface area contributed by atoms with Crippen molar-refractivity contribution in [2.24, 2.45) is 0 Å². The molecule has 1 N–H and O–H groups in total. The minimum atomic E-state index is -0.466. The van der Waals surface area contributed by atoms with Crippen LogP contribution >= 0.6 is 0 Å². The number of pyridine rings is 1. The van der Waals surface area contributed by atoms with Crippen LogP contribution in [0, 0.1) is 11.3 Å². The second-order valence-corrected chi connectivity index (χ2v) is 5.94. The molecule has 30 heavy (non-hydrogen) atoms. The summed E-state index contributed by atoms with van der Waals surface area (Å²) in [7, 11) is 1.45. The van der Waals surface area contributed by atoms with Gasteiger partial charge in [-0.05, 0) is 35.9 Å². The van der Waals surface area contributed by atoms with E-state index < -0.39 is 11.9 Å². The molecule has 3 aromatic rings. The SMILES string of the molecule is COc1cc(/C=C/C(=O)Nc2c(C#N)cnn2-c2ccccn2)ccc1OC(C)=O. The number of hydrogen-bond donors (Lipinski definition) is 1. The standard InChI is InChI=1S/C21H17N5O4/c1-14(27)30-17-8-6-15(11-18(17)29-2)7-9-20(28)25-21-16(12-22)13-24-26(21)19-5-3-4-10-23-19/h3-11,13H,1-2H3,(H,25,28)/b9-7+. The Morgan fingerprint density at radius 3 is 2.73 bits per heavy atom. The van der Waals surface area contributed by atoms with Crippen LogP contribution < -0.4 is 14.8 Å². The zero-order chi connectivity index (χ0) is 21.5. The number of nitriles is 1. The number of carbonyl (C=O) groups is 2. The fourth-order valence-corrected chi connectivity index (χ4v) is 2.56. The van der Waals surface area contributed by atoms with Gasteiger partial charge in [-0.3, -0.25) is 9.59 Å². The molecule has 0 aliphatic rings. The lowest BCUT2D eigenvalue weighted by Gasteiger charge is -2.08. The second-order valence-electron chi connectivity index (χ2n) is 5.94. The molecule has 0 atom stereocenters. The minimum Gasteiger partial charge on any atom is -0.493 e. The van der Waals surface area contributed by atoms with E-state index in [0.717, 1.165) is 0 Å². The Labute approximate surface area is 172 Å². The summed E-state index contributed by atoms with van der Waals surface area (Å²) in [6.07, 6.45) is 5.80. The Morgan fingerprint density at radius 2 is 2.07 bits per heavy atom. The number of hydrogen-bond acceptors (Lipinski definition) is 7. The molecule has 0 unspecified atom stereocenters. The Bertz CT molecular complexity index is 1150. The molecule has 0 spiro atoms. The summed E-state index contributed by atoms with van der Waals surface area (Å²) in [6.45, 7) is 1.29. The molecule has 2 aromatic heterocycles. The molecule has 0 bridgehead atoms. The van der Waals surface area contributed by atoms with E-state index in [0.29, 0.717) is 17.1 Å². The Kier molecular flexibility index (Phi) is 6.20. The molecule has 150 valence electrons. The summed E-state index contributed by atoms with van der Waals surface area (Å²) < 4.78 is 11.6. The van der Waals surface area contributed by atoms with Gasteiger partial charge in [0.1, 0.15) is 11.6 Å². The molecule has 2 heterocycles. The molecule has 0 saturated carbocycles. The average Bonchev–Trinajstić information content (AvgIpc) is 3.15. The summed E-state index contributed by atoms with van der Waals surface area (Å²) in [4.78, 5) is 27.7. The van der Waals surface area contributed by atoms with Crippen LogP contribution in [0.2, 0.25) is 0 Å². The van der Waals surface area contributed by atoms with Crippen LogP contribution in [0.15, 0.2) is 54.9 Å². The zero-order valence-corrected chi connectivity index (χ0v) is 16.2. The van der Waals surface area contributed by atoms with Crippen molar-refractivity contribution in [2.45, 2.75) is 6.92 Å². The number of benzene rings is 1. The monoisotopic (exact) mass is 403 g/mol. The zero-order valence-electron chi connectivity index (χ0n) is 16.2. The highest BCUT2D eigenvalue weighted by atomic mass is 16.6. The normalized spacial score (nSPS) is 10.4. The topological polar surface area (TPSA) is 119 Å². The molecule has 0 saturated heterocycles. The van der Waals surface area contributed by atoms with Gasteiger partial charge in [0.15, 0.2) is 23.1 Å². The van der Waals surface area contributed by atoms with Crippen molar-refractivity contribution >= 4 is 23.8 Å². The molecule has 3 rings (SSSR count). The van der Waals surface area contributed by atoms with Crippen LogP contribution in [0.1, 0.15) is 18.1 Å². The van der Waals surface area contributed by atoms with Gasteiger partial charge >= 0.3 is 5.97 Å². The number of methoxy groups -OCH3 is 1. The van der Waals surface area contributed by atoms with E-state index in [4.69, 9.17) is 9.47 Å². The lowest BCUT2D eigenvalue weighted by molar-refractivity contribution is -0.132. The van der Waals surface area contributed by atoms with Crippen LogP contribution in [0.4, 0.5) is 5.82 Å². The summed E-state index contributed by atoms with van der Waals surface area (Å²) in [5.41, 5.74) is 0.853. The van der Waals surface area contributed by atoms with Gasteiger partial charge in [0.25, 0.3) is 0 Å².